The molecule has 116 valence electrons. The van der Waals surface area contributed by atoms with Crippen molar-refractivity contribution in [3.8, 4) is 0 Å². The highest BCUT2D eigenvalue weighted by molar-refractivity contribution is 5.76. The topological polar surface area (TPSA) is 51.0 Å². The molecule has 5 heteroatoms. The van der Waals surface area contributed by atoms with Crippen LogP contribution in [0.25, 0.3) is 0 Å². The molecular weight excluding hydrogens is 276 g/mol. The molecule has 1 saturated heterocycles. The van der Waals surface area contributed by atoms with Crippen molar-refractivity contribution in [2.45, 2.75) is 44.7 Å². The van der Waals surface area contributed by atoms with Crippen LogP contribution in [0.2, 0.25) is 0 Å². The minimum Gasteiger partial charge on any atom is -0.340 e. The molecule has 1 unspecified atom stereocenters. The van der Waals surface area contributed by atoms with Crippen LogP contribution in [0.15, 0.2) is 43.2 Å². The van der Waals surface area contributed by atoms with E-state index in [0.29, 0.717) is 19.0 Å². The second kappa shape index (κ2) is 7.20. The highest BCUT2D eigenvalue weighted by atomic mass is 16.2. The van der Waals surface area contributed by atoms with E-state index in [0.717, 1.165) is 32.2 Å². The SMILES string of the molecule is O=C(CCn1ccnc1)N1CCCC1CCc1ccncc1. The number of hydrogen-bond acceptors (Lipinski definition) is 3. The zero-order valence-corrected chi connectivity index (χ0v) is 12.8. The van der Waals surface area contributed by atoms with Crippen LogP contribution in [0.5, 0.6) is 0 Å². The fraction of sp³-hybridized carbons (Fsp3) is 0.471. The first-order chi connectivity index (χ1) is 10.8. The lowest BCUT2D eigenvalue weighted by Gasteiger charge is -2.25. The number of amides is 1. The van der Waals surface area contributed by atoms with Crippen molar-refractivity contribution in [3.63, 3.8) is 0 Å². The molecule has 0 aliphatic carbocycles. The van der Waals surface area contributed by atoms with Gasteiger partial charge in [-0.1, -0.05) is 0 Å². The summed E-state index contributed by atoms with van der Waals surface area (Å²) in [6, 6.07) is 4.50. The van der Waals surface area contributed by atoms with Gasteiger partial charge in [0.1, 0.15) is 0 Å². The van der Waals surface area contributed by atoms with Crippen molar-refractivity contribution in [1.82, 2.24) is 19.4 Å². The maximum absolute atomic E-state index is 12.4. The summed E-state index contributed by atoms with van der Waals surface area (Å²) in [7, 11) is 0. The van der Waals surface area contributed by atoms with Crippen LogP contribution in [-0.4, -0.2) is 37.9 Å². The summed E-state index contributed by atoms with van der Waals surface area (Å²) in [5.74, 6) is 0.269. The predicted octanol–water partition coefficient (Wildman–Crippen LogP) is 2.29. The van der Waals surface area contributed by atoms with Gasteiger partial charge in [0.05, 0.1) is 6.33 Å². The van der Waals surface area contributed by atoms with Crippen molar-refractivity contribution >= 4 is 5.91 Å². The molecule has 1 aliphatic heterocycles. The van der Waals surface area contributed by atoms with E-state index in [1.807, 2.05) is 23.2 Å². The molecule has 3 heterocycles. The molecule has 0 N–H and O–H groups in total. The monoisotopic (exact) mass is 298 g/mol. The van der Waals surface area contributed by atoms with E-state index in [2.05, 4.69) is 27.0 Å². The van der Waals surface area contributed by atoms with Gasteiger partial charge in [-0.3, -0.25) is 9.78 Å². The Labute approximate surface area is 131 Å². The number of carbonyl (C=O) groups excluding carboxylic acids is 1. The zero-order chi connectivity index (χ0) is 15.2. The Bertz CT molecular complexity index is 582. The van der Waals surface area contributed by atoms with Crippen LogP contribution in [0, 0.1) is 0 Å². The van der Waals surface area contributed by atoms with E-state index in [4.69, 9.17) is 0 Å². The summed E-state index contributed by atoms with van der Waals surface area (Å²) in [5, 5.41) is 0. The lowest BCUT2D eigenvalue weighted by Crippen LogP contribution is -2.36. The molecule has 1 fully saturated rings. The van der Waals surface area contributed by atoms with Gasteiger partial charge in [0.2, 0.25) is 5.91 Å². The minimum absolute atomic E-state index is 0.269. The highest BCUT2D eigenvalue weighted by Crippen LogP contribution is 2.22. The summed E-state index contributed by atoms with van der Waals surface area (Å²) < 4.78 is 1.96. The minimum atomic E-state index is 0.269. The number of likely N-dealkylation sites (tertiary alicyclic amines) is 1. The lowest BCUT2D eigenvalue weighted by atomic mass is 10.0. The molecule has 2 aromatic rings. The molecular formula is C17H22N4O. The van der Waals surface area contributed by atoms with E-state index in [9.17, 15) is 4.79 Å². The van der Waals surface area contributed by atoms with Gasteiger partial charge in [0.15, 0.2) is 0 Å². The van der Waals surface area contributed by atoms with Crippen LogP contribution >= 0.6 is 0 Å². The summed E-state index contributed by atoms with van der Waals surface area (Å²) in [6.07, 6.45) is 13.9. The van der Waals surface area contributed by atoms with Crippen LogP contribution in [0.1, 0.15) is 31.2 Å². The molecule has 22 heavy (non-hydrogen) atoms. The fourth-order valence-corrected chi connectivity index (χ4v) is 3.13. The number of imidazole rings is 1. The Kier molecular flexibility index (Phi) is 4.83. The third-order valence-corrected chi connectivity index (χ3v) is 4.36. The third kappa shape index (κ3) is 3.72. The van der Waals surface area contributed by atoms with Crippen LogP contribution in [0.4, 0.5) is 0 Å². The smallest absolute Gasteiger partial charge is 0.224 e. The van der Waals surface area contributed by atoms with Crippen LogP contribution < -0.4 is 0 Å². The number of carbonyl (C=O) groups is 1. The molecule has 0 saturated carbocycles. The quantitative estimate of drug-likeness (QED) is 0.822. The molecule has 5 nitrogen and oxygen atoms in total. The van der Waals surface area contributed by atoms with Crippen molar-refractivity contribution in [2.24, 2.45) is 0 Å². The average molecular weight is 298 g/mol. The Morgan fingerprint density at radius 1 is 1.23 bits per heavy atom. The molecule has 2 aromatic heterocycles. The van der Waals surface area contributed by atoms with Gasteiger partial charge in [0, 0.05) is 50.3 Å². The summed E-state index contributed by atoms with van der Waals surface area (Å²) >= 11 is 0. The second-order valence-corrected chi connectivity index (χ2v) is 5.83. The fourth-order valence-electron chi connectivity index (χ4n) is 3.13. The van der Waals surface area contributed by atoms with Crippen molar-refractivity contribution in [3.05, 3.63) is 48.8 Å². The summed E-state index contributed by atoms with van der Waals surface area (Å²) in [5.41, 5.74) is 1.30. The van der Waals surface area contributed by atoms with Crippen LogP contribution in [0.3, 0.4) is 0 Å². The number of rotatable bonds is 6. The van der Waals surface area contributed by atoms with Gasteiger partial charge >= 0.3 is 0 Å². The van der Waals surface area contributed by atoms with Gasteiger partial charge in [-0.15, -0.1) is 0 Å². The molecule has 1 amide bonds. The summed E-state index contributed by atoms with van der Waals surface area (Å²) in [4.78, 5) is 22.6. The lowest BCUT2D eigenvalue weighted by molar-refractivity contribution is -0.132. The van der Waals surface area contributed by atoms with E-state index >= 15 is 0 Å². The Morgan fingerprint density at radius 2 is 2.09 bits per heavy atom. The first kappa shape index (κ1) is 14.8. The first-order valence-electron chi connectivity index (χ1n) is 7.97. The maximum Gasteiger partial charge on any atom is 0.224 e. The van der Waals surface area contributed by atoms with E-state index in [1.54, 1.807) is 12.5 Å². The molecule has 0 bridgehead atoms. The Morgan fingerprint density at radius 3 is 2.86 bits per heavy atom. The number of aryl methyl sites for hydroxylation is 2. The molecule has 0 radical (unpaired) electrons. The molecule has 0 aromatic carbocycles. The number of hydrogen-bond donors (Lipinski definition) is 0. The number of pyridine rings is 1. The normalized spacial score (nSPS) is 17.8. The van der Waals surface area contributed by atoms with Crippen molar-refractivity contribution < 1.29 is 4.79 Å². The van der Waals surface area contributed by atoms with Crippen molar-refractivity contribution in [1.29, 1.82) is 0 Å². The number of aromatic nitrogens is 3. The van der Waals surface area contributed by atoms with Gasteiger partial charge in [0.25, 0.3) is 0 Å². The van der Waals surface area contributed by atoms with Gasteiger partial charge in [-0.25, -0.2) is 4.98 Å². The molecule has 1 aliphatic rings. The van der Waals surface area contributed by atoms with Gasteiger partial charge in [-0.05, 0) is 43.4 Å². The summed E-state index contributed by atoms with van der Waals surface area (Å²) in [6.45, 7) is 1.62. The van der Waals surface area contributed by atoms with Gasteiger partial charge in [-0.2, -0.15) is 0 Å². The van der Waals surface area contributed by atoms with Crippen LogP contribution in [-0.2, 0) is 17.8 Å². The van der Waals surface area contributed by atoms with Crippen molar-refractivity contribution in [2.75, 3.05) is 6.54 Å². The Balaban J connectivity index is 1.50. The van der Waals surface area contributed by atoms with E-state index < -0.39 is 0 Å². The average Bonchev–Trinajstić information content (AvgIpc) is 3.23. The first-order valence-corrected chi connectivity index (χ1v) is 7.97. The molecule has 1 atom stereocenters. The third-order valence-electron chi connectivity index (χ3n) is 4.36. The Hall–Kier alpha value is -2.17. The zero-order valence-electron chi connectivity index (χ0n) is 12.8. The largest absolute Gasteiger partial charge is 0.340 e. The number of nitrogens with zero attached hydrogens (tertiary/aromatic N) is 4. The molecule has 3 rings (SSSR count). The molecule has 0 spiro atoms. The maximum atomic E-state index is 12.4. The predicted molar refractivity (Wildman–Crippen MR) is 84.1 cm³/mol. The van der Waals surface area contributed by atoms with E-state index in [1.165, 1.54) is 5.56 Å². The highest BCUT2D eigenvalue weighted by Gasteiger charge is 2.27. The second-order valence-electron chi connectivity index (χ2n) is 5.83. The van der Waals surface area contributed by atoms with E-state index in [-0.39, 0.29) is 5.91 Å². The van der Waals surface area contributed by atoms with Gasteiger partial charge < -0.3 is 9.47 Å². The standard InChI is InChI=1S/C17H22N4O/c22-17(7-12-20-13-10-19-14-20)21-11-1-2-16(21)4-3-15-5-8-18-9-6-15/h5-6,8-10,13-14,16H,1-4,7,11-12H2.